The summed E-state index contributed by atoms with van der Waals surface area (Å²) in [5.41, 5.74) is 0.916. The minimum Gasteiger partial charge on any atom is -0.359 e. The molecular formula is C20H14ClF2N3O4S. The number of halogens is 3. The molecule has 2 heterocycles. The molecule has 3 aromatic rings. The van der Waals surface area contributed by atoms with E-state index in [4.69, 9.17) is 11.6 Å². The number of sulfone groups is 1. The predicted octanol–water partition coefficient (Wildman–Crippen LogP) is 3.60. The van der Waals surface area contributed by atoms with Crippen LogP contribution in [0.25, 0.3) is 17.0 Å². The van der Waals surface area contributed by atoms with E-state index in [1.165, 1.54) is 24.4 Å². The number of imide groups is 1. The number of aromatic amines is 1. The summed E-state index contributed by atoms with van der Waals surface area (Å²) >= 11 is 6.04. The van der Waals surface area contributed by atoms with Gasteiger partial charge < -0.3 is 10.3 Å². The van der Waals surface area contributed by atoms with Gasteiger partial charge in [-0.05, 0) is 29.8 Å². The van der Waals surface area contributed by atoms with Crippen molar-refractivity contribution in [1.29, 1.82) is 0 Å². The minimum absolute atomic E-state index is 0.0515. The molecule has 0 atom stereocenters. The first-order chi connectivity index (χ1) is 14.6. The van der Waals surface area contributed by atoms with Gasteiger partial charge in [0, 0.05) is 23.4 Å². The third kappa shape index (κ3) is 3.79. The van der Waals surface area contributed by atoms with Crippen molar-refractivity contribution in [2.45, 2.75) is 11.4 Å². The van der Waals surface area contributed by atoms with Crippen molar-refractivity contribution in [1.82, 2.24) is 15.2 Å². The van der Waals surface area contributed by atoms with Gasteiger partial charge in [0.2, 0.25) is 0 Å². The van der Waals surface area contributed by atoms with Gasteiger partial charge in [0.15, 0.2) is 21.5 Å². The van der Waals surface area contributed by atoms with Crippen molar-refractivity contribution in [3.05, 3.63) is 70.0 Å². The van der Waals surface area contributed by atoms with E-state index in [-0.39, 0.29) is 33.2 Å². The van der Waals surface area contributed by atoms with Crippen LogP contribution in [0.3, 0.4) is 0 Å². The predicted molar refractivity (Wildman–Crippen MR) is 110 cm³/mol. The van der Waals surface area contributed by atoms with E-state index in [0.717, 1.165) is 23.3 Å². The average Bonchev–Trinajstić information content (AvgIpc) is 3.19. The lowest BCUT2D eigenvalue weighted by Gasteiger charge is -2.11. The highest BCUT2D eigenvalue weighted by atomic mass is 35.5. The maximum absolute atomic E-state index is 13.4. The highest BCUT2D eigenvalue weighted by molar-refractivity contribution is 7.91. The number of rotatable bonds is 4. The van der Waals surface area contributed by atoms with Gasteiger partial charge in [-0.2, -0.15) is 0 Å². The van der Waals surface area contributed by atoms with Crippen LogP contribution in [0.15, 0.2) is 47.1 Å². The highest BCUT2D eigenvalue weighted by Gasteiger charge is 2.34. The zero-order valence-corrected chi connectivity index (χ0v) is 17.4. The monoisotopic (exact) mass is 465 g/mol. The van der Waals surface area contributed by atoms with Crippen LogP contribution >= 0.6 is 11.6 Å². The van der Waals surface area contributed by atoms with Crippen molar-refractivity contribution >= 4 is 50.4 Å². The Bertz CT molecular complexity index is 1400. The van der Waals surface area contributed by atoms with Crippen molar-refractivity contribution in [3.8, 4) is 0 Å². The summed E-state index contributed by atoms with van der Waals surface area (Å²) in [5, 5.41) is 2.97. The number of nitrogens with zero attached hydrogens (tertiary/aromatic N) is 1. The molecule has 160 valence electrons. The molecule has 0 unspecified atom stereocenters. The largest absolute Gasteiger partial charge is 0.359 e. The van der Waals surface area contributed by atoms with Crippen LogP contribution in [-0.2, 0) is 21.2 Å². The molecule has 0 saturated carbocycles. The Kier molecular flexibility index (Phi) is 5.06. The summed E-state index contributed by atoms with van der Waals surface area (Å²) < 4.78 is 50.7. The molecule has 0 aliphatic carbocycles. The van der Waals surface area contributed by atoms with Crippen molar-refractivity contribution in [3.63, 3.8) is 0 Å². The fraction of sp³-hybridized carbons (Fsp3) is 0.100. The van der Waals surface area contributed by atoms with Gasteiger partial charge in [-0.1, -0.05) is 23.7 Å². The normalized spacial score (nSPS) is 15.9. The summed E-state index contributed by atoms with van der Waals surface area (Å²) in [4.78, 5) is 28.6. The van der Waals surface area contributed by atoms with Crippen LogP contribution in [0.1, 0.15) is 11.1 Å². The smallest absolute Gasteiger partial charge is 0.329 e. The second-order valence-corrected chi connectivity index (χ2v) is 9.30. The first-order valence-corrected chi connectivity index (χ1v) is 11.1. The van der Waals surface area contributed by atoms with Crippen LogP contribution in [0, 0.1) is 11.6 Å². The maximum atomic E-state index is 13.4. The quantitative estimate of drug-likeness (QED) is 0.454. The van der Waals surface area contributed by atoms with Crippen molar-refractivity contribution < 1.29 is 26.8 Å². The molecular weight excluding hydrogens is 452 g/mol. The van der Waals surface area contributed by atoms with Crippen LogP contribution in [0.4, 0.5) is 13.6 Å². The molecule has 3 amide bonds. The third-order valence-corrected chi connectivity index (χ3v) is 6.34. The molecule has 2 aromatic carbocycles. The number of hydrogen-bond acceptors (Lipinski definition) is 4. The molecule has 11 heteroatoms. The van der Waals surface area contributed by atoms with Gasteiger partial charge in [-0.25, -0.2) is 22.0 Å². The highest BCUT2D eigenvalue weighted by Crippen LogP contribution is 2.32. The number of aromatic nitrogens is 1. The Morgan fingerprint density at radius 2 is 1.87 bits per heavy atom. The maximum Gasteiger partial charge on any atom is 0.329 e. The molecule has 1 fully saturated rings. The topological polar surface area (TPSA) is 99.3 Å². The van der Waals surface area contributed by atoms with Gasteiger partial charge in [0.1, 0.15) is 10.6 Å². The number of carbonyl (C=O) groups is 2. The molecule has 0 spiro atoms. The van der Waals surface area contributed by atoms with E-state index >= 15 is 0 Å². The van der Waals surface area contributed by atoms with Gasteiger partial charge >= 0.3 is 6.03 Å². The van der Waals surface area contributed by atoms with Crippen LogP contribution in [0.5, 0.6) is 0 Å². The van der Waals surface area contributed by atoms with E-state index in [0.29, 0.717) is 10.9 Å². The second-order valence-electron chi connectivity index (χ2n) is 6.94. The fourth-order valence-electron chi connectivity index (χ4n) is 3.34. The first-order valence-electron chi connectivity index (χ1n) is 8.84. The van der Waals surface area contributed by atoms with E-state index in [9.17, 15) is 26.8 Å². The van der Waals surface area contributed by atoms with Crippen LogP contribution in [-0.4, -0.2) is 36.5 Å². The molecule has 1 aliphatic rings. The number of urea groups is 1. The third-order valence-electron chi connectivity index (χ3n) is 4.75. The molecule has 0 radical (unpaired) electrons. The summed E-state index contributed by atoms with van der Waals surface area (Å²) in [6.07, 6.45) is 3.91. The molecule has 1 aliphatic heterocycles. The lowest BCUT2D eigenvalue weighted by atomic mass is 10.1. The number of amides is 3. The van der Waals surface area contributed by atoms with Gasteiger partial charge in [0.25, 0.3) is 5.91 Å². The number of benzene rings is 2. The summed E-state index contributed by atoms with van der Waals surface area (Å²) in [6.45, 7) is -0.249. The lowest BCUT2D eigenvalue weighted by molar-refractivity contribution is -0.123. The van der Waals surface area contributed by atoms with E-state index in [2.05, 4.69) is 10.3 Å². The van der Waals surface area contributed by atoms with Crippen molar-refractivity contribution in [2.75, 3.05) is 6.26 Å². The average molecular weight is 466 g/mol. The van der Waals surface area contributed by atoms with Gasteiger partial charge in [-0.3, -0.25) is 9.69 Å². The zero-order chi connectivity index (χ0) is 22.5. The molecule has 31 heavy (non-hydrogen) atoms. The van der Waals surface area contributed by atoms with Crippen molar-refractivity contribution in [2.24, 2.45) is 0 Å². The van der Waals surface area contributed by atoms with E-state index in [1.54, 1.807) is 6.07 Å². The Morgan fingerprint density at radius 3 is 2.55 bits per heavy atom. The number of carbonyl (C=O) groups excluding carboxylic acids is 2. The summed E-state index contributed by atoms with van der Waals surface area (Å²) in [7, 11) is -3.63. The number of fused-ring (bicyclic) bond motifs is 1. The molecule has 1 aromatic heterocycles. The molecule has 4 rings (SSSR count). The van der Waals surface area contributed by atoms with E-state index in [1.807, 2.05) is 0 Å². The van der Waals surface area contributed by atoms with Crippen LogP contribution in [0.2, 0.25) is 5.02 Å². The Morgan fingerprint density at radius 1 is 1.13 bits per heavy atom. The Balaban J connectivity index is 1.68. The number of hydrogen-bond donors (Lipinski definition) is 2. The Labute approximate surface area is 180 Å². The second kappa shape index (κ2) is 7.47. The zero-order valence-electron chi connectivity index (χ0n) is 15.9. The summed E-state index contributed by atoms with van der Waals surface area (Å²) in [5.74, 6) is -2.78. The summed E-state index contributed by atoms with van der Waals surface area (Å²) in [6, 6.07) is 5.40. The molecule has 0 bridgehead atoms. The standard InChI is InChI=1S/C20H14ClF2N3O4S/c1-31(29,30)18-13(21)4-3-12-11(8-24-17(12)18)7-16-19(27)26(20(28)25-16)9-10-2-5-14(22)15(23)6-10/h2-8,24H,9H2,1H3,(H,25,28)/b16-7-. The minimum atomic E-state index is -3.63. The molecule has 2 N–H and O–H groups in total. The Hall–Kier alpha value is -3.24. The molecule has 1 saturated heterocycles. The van der Waals surface area contributed by atoms with Crippen LogP contribution < -0.4 is 5.32 Å². The van der Waals surface area contributed by atoms with E-state index < -0.39 is 33.4 Å². The van der Waals surface area contributed by atoms with Gasteiger partial charge in [-0.15, -0.1) is 0 Å². The number of H-pyrrole nitrogens is 1. The van der Waals surface area contributed by atoms with Gasteiger partial charge in [0.05, 0.1) is 17.1 Å². The fourth-order valence-corrected chi connectivity index (χ4v) is 4.88. The lowest BCUT2D eigenvalue weighted by Crippen LogP contribution is -2.30. The SMILES string of the molecule is CS(=O)(=O)c1c(Cl)ccc2c(/C=C3\NC(=O)N(Cc4ccc(F)c(F)c4)C3=O)c[nH]c12. The number of nitrogens with one attached hydrogen (secondary N) is 2. The molecule has 7 nitrogen and oxygen atoms in total. The first kappa shape index (κ1) is 21.0.